The molecule has 0 atom stereocenters. The van der Waals surface area contributed by atoms with E-state index in [1.165, 1.54) is 0 Å². The predicted molar refractivity (Wildman–Crippen MR) is 126 cm³/mol. The van der Waals surface area contributed by atoms with Gasteiger partial charge >= 0.3 is 0 Å². The highest BCUT2D eigenvalue weighted by Gasteiger charge is 2.16. The highest BCUT2D eigenvalue weighted by atomic mass is 127. The first-order chi connectivity index (χ1) is 13.1. The summed E-state index contributed by atoms with van der Waals surface area (Å²) in [5.41, 5.74) is 2.22. The van der Waals surface area contributed by atoms with Crippen molar-refractivity contribution in [2.75, 3.05) is 27.2 Å². The van der Waals surface area contributed by atoms with Crippen LogP contribution >= 0.6 is 24.0 Å². The van der Waals surface area contributed by atoms with E-state index >= 15 is 0 Å². The summed E-state index contributed by atoms with van der Waals surface area (Å²) in [6.45, 7) is 5.59. The number of nitrogens with one attached hydrogen (secondary N) is 2. The summed E-state index contributed by atoms with van der Waals surface area (Å²) in [4.78, 5) is 6.54. The second kappa shape index (κ2) is 11.0. The second-order valence-corrected chi connectivity index (χ2v) is 8.88. The smallest absolute Gasteiger partial charge is 0.242 e. The topological polar surface area (TPSA) is 96.5 Å². The third kappa shape index (κ3) is 7.00. The number of aromatic nitrogens is 3. The maximum absolute atomic E-state index is 12.2. The Balaban J connectivity index is 0.00000420. The van der Waals surface area contributed by atoms with Crippen molar-refractivity contribution < 1.29 is 8.42 Å². The first kappa shape index (κ1) is 25.4. The van der Waals surface area contributed by atoms with Crippen LogP contribution in [-0.2, 0) is 30.7 Å². The van der Waals surface area contributed by atoms with E-state index < -0.39 is 10.0 Å². The summed E-state index contributed by atoms with van der Waals surface area (Å²) in [7, 11) is 3.86. The molecular formula is C18H32IN7O2S. The zero-order chi connectivity index (χ0) is 20.9. The molecule has 2 aromatic heterocycles. The number of rotatable bonds is 8. The second-order valence-electron chi connectivity index (χ2n) is 7.11. The molecule has 0 fully saturated rings. The number of halogens is 1. The summed E-state index contributed by atoms with van der Waals surface area (Å²) in [5, 5.41) is 7.72. The Labute approximate surface area is 190 Å². The van der Waals surface area contributed by atoms with E-state index in [1.807, 2.05) is 29.9 Å². The Morgan fingerprint density at radius 2 is 1.97 bits per heavy atom. The van der Waals surface area contributed by atoms with Crippen LogP contribution in [-0.4, -0.2) is 60.8 Å². The van der Waals surface area contributed by atoms with E-state index in [2.05, 4.69) is 34.0 Å². The maximum Gasteiger partial charge on any atom is 0.242 e. The molecule has 2 N–H and O–H groups in total. The highest BCUT2D eigenvalue weighted by molar-refractivity contribution is 14.0. The lowest BCUT2D eigenvalue weighted by molar-refractivity contribution is 0.473. The fourth-order valence-corrected chi connectivity index (χ4v) is 4.04. The molecule has 0 saturated heterocycles. The Kier molecular flexibility index (Phi) is 9.62. The normalized spacial score (nSPS) is 12.2. The minimum atomic E-state index is -3.50. The number of hydrogen-bond acceptors (Lipinski definition) is 4. The molecule has 164 valence electrons. The van der Waals surface area contributed by atoms with Crippen LogP contribution in [0, 0.1) is 0 Å². The molecule has 0 spiro atoms. The van der Waals surface area contributed by atoms with Crippen LogP contribution < -0.4 is 10.0 Å². The molecule has 11 heteroatoms. The van der Waals surface area contributed by atoms with Gasteiger partial charge in [-0.15, -0.1) is 24.0 Å². The third-order valence-electron chi connectivity index (χ3n) is 4.28. The van der Waals surface area contributed by atoms with Gasteiger partial charge in [0.25, 0.3) is 0 Å². The van der Waals surface area contributed by atoms with Crippen molar-refractivity contribution in [2.45, 2.75) is 31.2 Å². The molecule has 2 aromatic rings. The van der Waals surface area contributed by atoms with E-state index in [0.29, 0.717) is 25.0 Å². The Hall–Kier alpha value is -1.60. The van der Waals surface area contributed by atoms with Crippen molar-refractivity contribution in [1.82, 2.24) is 29.3 Å². The molecule has 0 radical (unpaired) electrons. The molecule has 0 aromatic carbocycles. The molecule has 29 heavy (non-hydrogen) atoms. The molecule has 0 amide bonds. The number of hydrogen-bond donors (Lipinski definition) is 2. The van der Waals surface area contributed by atoms with Crippen molar-refractivity contribution in [1.29, 1.82) is 0 Å². The molecule has 2 rings (SSSR count). The fraction of sp³-hybridized carbons (Fsp3) is 0.556. The van der Waals surface area contributed by atoms with Gasteiger partial charge in [-0.3, -0.25) is 9.67 Å². The highest BCUT2D eigenvalue weighted by Crippen LogP contribution is 2.18. The van der Waals surface area contributed by atoms with Crippen LogP contribution in [0.2, 0.25) is 0 Å². The van der Waals surface area contributed by atoms with Gasteiger partial charge < -0.3 is 14.8 Å². The van der Waals surface area contributed by atoms with Crippen LogP contribution in [0.4, 0.5) is 0 Å². The van der Waals surface area contributed by atoms with E-state index in [1.54, 1.807) is 37.1 Å². The summed E-state index contributed by atoms with van der Waals surface area (Å²) < 4.78 is 30.6. The Morgan fingerprint density at radius 1 is 1.28 bits per heavy atom. The molecule has 0 aliphatic heterocycles. The molecular weight excluding hydrogens is 505 g/mol. The number of nitrogens with zero attached hydrogens (tertiary/aromatic N) is 5. The lowest BCUT2D eigenvalue weighted by atomic mass is 10.1. The van der Waals surface area contributed by atoms with Crippen molar-refractivity contribution in [3.63, 3.8) is 0 Å². The summed E-state index contributed by atoms with van der Waals surface area (Å²) >= 11 is 0. The molecule has 9 nitrogen and oxygen atoms in total. The molecule has 0 saturated carbocycles. The number of aliphatic imine (C=N–C) groups is 1. The van der Waals surface area contributed by atoms with Gasteiger partial charge in [0.15, 0.2) is 5.96 Å². The summed E-state index contributed by atoms with van der Waals surface area (Å²) in [6.07, 6.45) is 5.29. The zero-order valence-corrected chi connectivity index (χ0v) is 21.0. The molecule has 0 aliphatic rings. The van der Waals surface area contributed by atoms with Gasteiger partial charge in [-0.25, -0.2) is 13.1 Å². The molecule has 0 bridgehead atoms. The van der Waals surface area contributed by atoms with Crippen LogP contribution in [0.3, 0.4) is 0 Å². The largest absolute Gasteiger partial charge is 0.356 e. The van der Waals surface area contributed by atoms with E-state index in [-0.39, 0.29) is 35.4 Å². The number of guanidine groups is 1. The minimum absolute atomic E-state index is 0. The van der Waals surface area contributed by atoms with E-state index in [4.69, 9.17) is 0 Å². The predicted octanol–water partition coefficient (Wildman–Crippen LogP) is 1.49. The van der Waals surface area contributed by atoms with Gasteiger partial charge in [-0.2, -0.15) is 5.10 Å². The van der Waals surface area contributed by atoms with Crippen LogP contribution in [0.1, 0.15) is 31.0 Å². The van der Waals surface area contributed by atoms with Crippen molar-refractivity contribution in [2.24, 2.45) is 19.1 Å². The third-order valence-corrected chi connectivity index (χ3v) is 5.73. The van der Waals surface area contributed by atoms with Crippen LogP contribution in [0.5, 0.6) is 0 Å². The SMILES string of the molecule is CN=C(NCCNS(=O)(=O)c1ccn(C)c1)N(C)Cc1cn(C)nc1C(C)C.I. The van der Waals surface area contributed by atoms with Crippen LogP contribution in [0.15, 0.2) is 34.5 Å². The number of sulfonamides is 1. The Bertz CT molecular complexity index is 919. The van der Waals surface area contributed by atoms with Crippen molar-refractivity contribution in [3.05, 3.63) is 35.9 Å². The van der Waals surface area contributed by atoms with Gasteiger partial charge in [0.2, 0.25) is 10.0 Å². The maximum atomic E-state index is 12.2. The fourth-order valence-electron chi connectivity index (χ4n) is 2.96. The number of aryl methyl sites for hydroxylation is 2. The lowest BCUT2D eigenvalue weighted by Crippen LogP contribution is -2.42. The van der Waals surface area contributed by atoms with E-state index in [0.717, 1.165) is 11.3 Å². The standard InChI is InChI=1S/C18H31N7O2S.HI/c1-14(2)17-15(12-25(6)22-17)11-24(5)18(19-3)20-8-9-21-28(26,27)16-7-10-23(4)13-16;/h7,10,12-14,21H,8-9,11H2,1-6H3,(H,19,20);1H. The quantitative estimate of drug-likeness (QED) is 0.230. The minimum Gasteiger partial charge on any atom is -0.356 e. The molecule has 2 heterocycles. The van der Waals surface area contributed by atoms with Gasteiger partial charge in [-0.05, 0) is 12.0 Å². The van der Waals surface area contributed by atoms with E-state index in [9.17, 15) is 8.42 Å². The zero-order valence-electron chi connectivity index (χ0n) is 17.9. The Morgan fingerprint density at radius 3 is 2.52 bits per heavy atom. The van der Waals surface area contributed by atoms with Gasteiger partial charge in [-0.1, -0.05) is 13.8 Å². The van der Waals surface area contributed by atoms with Crippen molar-refractivity contribution in [3.8, 4) is 0 Å². The molecule has 0 aliphatic carbocycles. The first-order valence-corrected chi connectivity index (χ1v) is 10.7. The lowest BCUT2D eigenvalue weighted by Gasteiger charge is -2.22. The van der Waals surface area contributed by atoms with Gasteiger partial charge in [0, 0.05) is 72.0 Å². The van der Waals surface area contributed by atoms with Gasteiger partial charge in [0.05, 0.1) is 10.6 Å². The summed E-state index contributed by atoms with van der Waals surface area (Å²) in [6, 6.07) is 1.57. The average Bonchev–Trinajstić information content (AvgIpc) is 3.21. The van der Waals surface area contributed by atoms with Crippen molar-refractivity contribution >= 4 is 40.0 Å². The first-order valence-electron chi connectivity index (χ1n) is 9.20. The monoisotopic (exact) mass is 537 g/mol. The molecule has 0 unspecified atom stereocenters. The van der Waals surface area contributed by atoms with Crippen LogP contribution in [0.25, 0.3) is 0 Å². The average molecular weight is 537 g/mol. The van der Waals surface area contributed by atoms with Gasteiger partial charge in [0.1, 0.15) is 0 Å². The summed E-state index contributed by atoms with van der Waals surface area (Å²) in [5.74, 6) is 1.03.